The van der Waals surface area contributed by atoms with E-state index in [1.807, 2.05) is 13.8 Å². The first kappa shape index (κ1) is 20.0. The Balaban J connectivity index is 2.88. The molecule has 6 nitrogen and oxygen atoms in total. The normalized spacial score (nSPS) is 14.3. The third kappa shape index (κ3) is 5.53. The van der Waals surface area contributed by atoms with Crippen LogP contribution in [0.2, 0.25) is 5.02 Å². The lowest BCUT2D eigenvalue weighted by atomic mass is 9.97. The molecule has 0 aliphatic rings. The molecule has 0 saturated carbocycles. The highest BCUT2D eigenvalue weighted by Gasteiger charge is 2.29. The van der Waals surface area contributed by atoms with Crippen molar-refractivity contribution in [3.8, 4) is 0 Å². The molecule has 0 bridgehead atoms. The van der Waals surface area contributed by atoms with Crippen molar-refractivity contribution in [3.63, 3.8) is 0 Å². The van der Waals surface area contributed by atoms with Crippen LogP contribution in [0.1, 0.15) is 44.0 Å². The van der Waals surface area contributed by atoms with E-state index >= 15 is 0 Å². The zero-order valence-electron chi connectivity index (χ0n) is 14.0. The standard InChI is InChI=1S/C17H23ClN2O4/c1-4-10(3)14(16(22)19-13(5-2)17(23)24)20-15(21)11-6-8-12(18)9-7-11/h6-10,13-14H,4-5H2,1-3H3,(H,19,22)(H,20,21)(H,23,24). The zero-order chi connectivity index (χ0) is 18.3. The highest BCUT2D eigenvalue weighted by Crippen LogP contribution is 2.12. The molecule has 0 radical (unpaired) electrons. The van der Waals surface area contributed by atoms with Crippen molar-refractivity contribution in [2.75, 3.05) is 0 Å². The smallest absolute Gasteiger partial charge is 0.326 e. The second-order valence-electron chi connectivity index (χ2n) is 5.65. The SMILES string of the molecule is CCC(NC(=O)C(NC(=O)c1ccc(Cl)cc1)C(C)CC)C(=O)O. The minimum absolute atomic E-state index is 0.146. The number of carbonyl (C=O) groups is 3. The van der Waals surface area contributed by atoms with Gasteiger partial charge in [0.2, 0.25) is 5.91 Å². The van der Waals surface area contributed by atoms with Crippen molar-refractivity contribution in [1.82, 2.24) is 10.6 Å². The van der Waals surface area contributed by atoms with Gasteiger partial charge in [0.15, 0.2) is 0 Å². The third-order valence-corrected chi connectivity index (χ3v) is 4.16. The molecule has 1 aromatic carbocycles. The highest BCUT2D eigenvalue weighted by atomic mass is 35.5. The van der Waals surface area contributed by atoms with E-state index in [2.05, 4.69) is 10.6 Å². The van der Waals surface area contributed by atoms with E-state index in [1.165, 1.54) is 0 Å². The Kier molecular flexibility index (Phi) is 7.71. The van der Waals surface area contributed by atoms with Crippen molar-refractivity contribution in [1.29, 1.82) is 0 Å². The number of carboxylic acids is 1. The fourth-order valence-corrected chi connectivity index (χ4v) is 2.25. The zero-order valence-corrected chi connectivity index (χ0v) is 14.8. The fraction of sp³-hybridized carbons (Fsp3) is 0.471. The number of hydrogen-bond acceptors (Lipinski definition) is 3. The van der Waals surface area contributed by atoms with E-state index in [0.717, 1.165) is 0 Å². The monoisotopic (exact) mass is 354 g/mol. The summed E-state index contributed by atoms with van der Waals surface area (Å²) in [6, 6.07) is 4.52. The molecule has 3 atom stereocenters. The van der Waals surface area contributed by atoms with E-state index in [-0.39, 0.29) is 12.3 Å². The van der Waals surface area contributed by atoms with Crippen molar-refractivity contribution >= 4 is 29.4 Å². The largest absolute Gasteiger partial charge is 0.480 e. The Hall–Kier alpha value is -2.08. The van der Waals surface area contributed by atoms with Gasteiger partial charge in [0, 0.05) is 10.6 Å². The number of carbonyl (C=O) groups excluding carboxylic acids is 2. The summed E-state index contributed by atoms with van der Waals surface area (Å²) in [5, 5.41) is 14.7. The van der Waals surface area contributed by atoms with Gasteiger partial charge in [-0.1, -0.05) is 38.8 Å². The summed E-state index contributed by atoms with van der Waals surface area (Å²) < 4.78 is 0. The van der Waals surface area contributed by atoms with Crippen LogP contribution >= 0.6 is 11.6 Å². The van der Waals surface area contributed by atoms with E-state index in [0.29, 0.717) is 17.0 Å². The molecular formula is C17H23ClN2O4. The van der Waals surface area contributed by atoms with Crippen LogP contribution in [0.5, 0.6) is 0 Å². The number of amides is 2. The number of carboxylic acid groups (broad SMARTS) is 1. The molecule has 132 valence electrons. The molecule has 0 spiro atoms. The van der Waals surface area contributed by atoms with Gasteiger partial charge in [0.1, 0.15) is 12.1 Å². The summed E-state index contributed by atoms with van der Waals surface area (Å²) in [6.45, 7) is 5.39. The topological polar surface area (TPSA) is 95.5 Å². The van der Waals surface area contributed by atoms with Gasteiger partial charge in [-0.05, 0) is 36.6 Å². The summed E-state index contributed by atoms with van der Waals surface area (Å²) >= 11 is 5.80. The molecule has 24 heavy (non-hydrogen) atoms. The second kappa shape index (κ2) is 9.27. The number of hydrogen-bond donors (Lipinski definition) is 3. The van der Waals surface area contributed by atoms with Crippen molar-refractivity contribution < 1.29 is 19.5 Å². The predicted molar refractivity (Wildman–Crippen MR) is 92.0 cm³/mol. The second-order valence-corrected chi connectivity index (χ2v) is 6.09. The molecule has 0 saturated heterocycles. The first-order valence-corrected chi connectivity index (χ1v) is 8.27. The van der Waals surface area contributed by atoms with Crippen molar-refractivity contribution in [2.45, 2.75) is 45.7 Å². The first-order chi connectivity index (χ1) is 11.3. The van der Waals surface area contributed by atoms with Crippen LogP contribution in [0.3, 0.4) is 0 Å². The maximum Gasteiger partial charge on any atom is 0.326 e. The Bertz CT molecular complexity index is 589. The average Bonchev–Trinajstić information content (AvgIpc) is 2.56. The predicted octanol–water partition coefficient (Wildman–Crippen LogP) is 2.46. The molecule has 7 heteroatoms. The van der Waals surface area contributed by atoms with Crippen LogP contribution in [-0.2, 0) is 9.59 Å². The number of benzene rings is 1. The quantitative estimate of drug-likeness (QED) is 0.668. The Labute approximate surface area is 146 Å². The van der Waals surface area contributed by atoms with Crippen LogP contribution in [0.25, 0.3) is 0 Å². The number of halogens is 1. The molecule has 2 amide bonds. The number of nitrogens with one attached hydrogen (secondary N) is 2. The Morgan fingerprint density at radius 1 is 1.08 bits per heavy atom. The summed E-state index contributed by atoms with van der Waals surface area (Å²) in [5.74, 6) is -2.15. The first-order valence-electron chi connectivity index (χ1n) is 7.89. The molecule has 0 fully saturated rings. The molecule has 3 N–H and O–H groups in total. The van der Waals surface area contributed by atoms with Crippen LogP contribution in [-0.4, -0.2) is 35.0 Å². The molecule has 0 aliphatic carbocycles. The molecule has 1 rings (SSSR count). The molecule has 0 heterocycles. The van der Waals surface area contributed by atoms with Gasteiger partial charge in [0.05, 0.1) is 0 Å². The number of rotatable bonds is 8. The van der Waals surface area contributed by atoms with E-state index in [1.54, 1.807) is 31.2 Å². The third-order valence-electron chi connectivity index (χ3n) is 3.91. The fourth-order valence-electron chi connectivity index (χ4n) is 2.13. The van der Waals surface area contributed by atoms with Crippen LogP contribution in [0.4, 0.5) is 0 Å². The minimum Gasteiger partial charge on any atom is -0.480 e. The van der Waals surface area contributed by atoms with Crippen molar-refractivity contribution in [3.05, 3.63) is 34.9 Å². The average molecular weight is 355 g/mol. The molecule has 0 aromatic heterocycles. The van der Waals surface area contributed by atoms with E-state index in [9.17, 15) is 14.4 Å². The van der Waals surface area contributed by atoms with Crippen LogP contribution < -0.4 is 10.6 Å². The maximum atomic E-state index is 12.4. The summed E-state index contributed by atoms with van der Waals surface area (Å²) in [4.78, 5) is 35.8. The van der Waals surface area contributed by atoms with Gasteiger partial charge in [-0.15, -0.1) is 0 Å². The van der Waals surface area contributed by atoms with Crippen LogP contribution in [0.15, 0.2) is 24.3 Å². The maximum absolute atomic E-state index is 12.4. The lowest BCUT2D eigenvalue weighted by Crippen LogP contribution is -2.53. The lowest BCUT2D eigenvalue weighted by Gasteiger charge is -2.25. The summed E-state index contributed by atoms with van der Waals surface area (Å²) in [5.41, 5.74) is 0.380. The van der Waals surface area contributed by atoms with Gasteiger partial charge in [-0.25, -0.2) is 4.79 Å². The molecule has 1 aromatic rings. The van der Waals surface area contributed by atoms with Crippen LogP contribution in [0, 0.1) is 5.92 Å². The van der Waals surface area contributed by atoms with Gasteiger partial charge in [0.25, 0.3) is 5.91 Å². The Morgan fingerprint density at radius 2 is 1.67 bits per heavy atom. The van der Waals surface area contributed by atoms with Gasteiger partial charge < -0.3 is 15.7 Å². The lowest BCUT2D eigenvalue weighted by molar-refractivity contribution is -0.142. The summed E-state index contributed by atoms with van der Waals surface area (Å²) in [7, 11) is 0. The summed E-state index contributed by atoms with van der Waals surface area (Å²) in [6.07, 6.45) is 0.919. The minimum atomic E-state index is -1.10. The van der Waals surface area contributed by atoms with Crippen molar-refractivity contribution in [2.24, 2.45) is 5.92 Å². The molecule has 3 unspecified atom stereocenters. The number of aliphatic carboxylic acids is 1. The molecule has 0 aliphatic heterocycles. The van der Waals surface area contributed by atoms with E-state index in [4.69, 9.17) is 16.7 Å². The highest BCUT2D eigenvalue weighted by molar-refractivity contribution is 6.30. The van der Waals surface area contributed by atoms with Gasteiger partial charge in [-0.2, -0.15) is 0 Å². The van der Waals surface area contributed by atoms with Gasteiger partial charge >= 0.3 is 5.97 Å². The van der Waals surface area contributed by atoms with E-state index < -0.39 is 29.9 Å². The Morgan fingerprint density at radius 3 is 2.12 bits per heavy atom. The van der Waals surface area contributed by atoms with Gasteiger partial charge in [-0.3, -0.25) is 9.59 Å². The molecular weight excluding hydrogens is 332 g/mol.